The zero-order valence-corrected chi connectivity index (χ0v) is 18.8. The summed E-state index contributed by atoms with van der Waals surface area (Å²) in [7, 11) is 0. The summed E-state index contributed by atoms with van der Waals surface area (Å²) in [5.41, 5.74) is 3.99. The number of halogens is 1. The molecule has 2 aliphatic rings. The van der Waals surface area contributed by atoms with Gasteiger partial charge in [-0.3, -0.25) is 14.0 Å². The van der Waals surface area contributed by atoms with Crippen LogP contribution in [0.3, 0.4) is 0 Å². The van der Waals surface area contributed by atoms with Gasteiger partial charge >= 0.3 is 0 Å². The molecule has 2 fully saturated rings. The van der Waals surface area contributed by atoms with Crippen LogP contribution in [-0.2, 0) is 4.79 Å². The van der Waals surface area contributed by atoms with Crippen molar-refractivity contribution in [3.8, 4) is 0 Å². The summed E-state index contributed by atoms with van der Waals surface area (Å²) in [6.07, 6.45) is 5.83. The zero-order chi connectivity index (χ0) is 21.1. The molecule has 2 aromatic carbocycles. The van der Waals surface area contributed by atoms with Crippen molar-refractivity contribution in [1.29, 1.82) is 0 Å². The second-order valence-electron chi connectivity index (χ2n) is 8.69. The maximum atomic E-state index is 13.0. The van der Waals surface area contributed by atoms with E-state index in [-0.39, 0.29) is 5.56 Å². The molecule has 3 heterocycles. The van der Waals surface area contributed by atoms with E-state index in [0.29, 0.717) is 30.1 Å². The van der Waals surface area contributed by atoms with E-state index in [4.69, 9.17) is 0 Å². The van der Waals surface area contributed by atoms with E-state index < -0.39 is 0 Å². The summed E-state index contributed by atoms with van der Waals surface area (Å²) in [5.74, 6) is 1.07. The summed E-state index contributed by atoms with van der Waals surface area (Å²) in [4.78, 5) is 31.6. The fourth-order valence-corrected chi connectivity index (χ4v) is 5.87. The third kappa shape index (κ3) is 2.93. The topological polar surface area (TPSA) is 59.6 Å². The highest BCUT2D eigenvalue weighted by Crippen LogP contribution is 2.37. The third-order valence-corrected chi connectivity index (χ3v) is 7.56. The van der Waals surface area contributed by atoms with E-state index >= 15 is 0 Å². The smallest absolute Gasteiger partial charge is 0.283 e. The summed E-state index contributed by atoms with van der Waals surface area (Å²) in [6.45, 7) is 1.53. The summed E-state index contributed by atoms with van der Waals surface area (Å²) in [5, 5.41) is 0.615. The first-order chi connectivity index (χ1) is 15.1. The van der Waals surface area contributed by atoms with Crippen molar-refractivity contribution in [2.75, 3.05) is 18.0 Å². The number of ketones is 1. The molecule has 6 rings (SSSR count). The van der Waals surface area contributed by atoms with Crippen LogP contribution in [0.2, 0.25) is 0 Å². The lowest BCUT2D eigenvalue weighted by atomic mass is 10.1. The number of carbonyl (C=O) groups is 1. The Morgan fingerprint density at radius 2 is 1.71 bits per heavy atom. The fourth-order valence-electron chi connectivity index (χ4n) is 5.35. The van der Waals surface area contributed by atoms with Crippen LogP contribution in [0.15, 0.2) is 45.7 Å². The number of hydrogen-bond donors (Lipinski definition) is 0. The van der Waals surface area contributed by atoms with Crippen molar-refractivity contribution in [3.63, 3.8) is 0 Å². The molecular formula is C24H23BrN4O2. The molecule has 1 saturated heterocycles. The van der Waals surface area contributed by atoms with Crippen LogP contribution in [0.25, 0.3) is 27.7 Å². The van der Waals surface area contributed by atoms with E-state index in [1.165, 1.54) is 12.8 Å². The van der Waals surface area contributed by atoms with Crippen LogP contribution in [0.1, 0.15) is 44.6 Å². The molecule has 0 bridgehead atoms. The van der Waals surface area contributed by atoms with Gasteiger partial charge in [0.05, 0.1) is 21.9 Å². The molecule has 1 aliphatic heterocycles. The van der Waals surface area contributed by atoms with Gasteiger partial charge in [-0.1, -0.05) is 18.9 Å². The zero-order valence-electron chi connectivity index (χ0n) is 17.2. The average Bonchev–Trinajstić information content (AvgIpc) is 3.39. The number of rotatable bonds is 2. The second-order valence-corrected chi connectivity index (χ2v) is 9.55. The second kappa shape index (κ2) is 7.19. The quantitative estimate of drug-likeness (QED) is 0.413. The summed E-state index contributed by atoms with van der Waals surface area (Å²) < 4.78 is 5.20. The molecular weight excluding hydrogens is 456 g/mol. The molecule has 1 saturated carbocycles. The molecule has 0 unspecified atom stereocenters. The van der Waals surface area contributed by atoms with E-state index in [1.54, 1.807) is 0 Å². The Hall–Kier alpha value is -2.67. The molecule has 6 nitrogen and oxygen atoms in total. The van der Waals surface area contributed by atoms with E-state index in [9.17, 15) is 9.59 Å². The van der Waals surface area contributed by atoms with Gasteiger partial charge in [-0.25, -0.2) is 0 Å². The van der Waals surface area contributed by atoms with Gasteiger partial charge in [0.1, 0.15) is 5.78 Å². The summed E-state index contributed by atoms with van der Waals surface area (Å²) >= 11 is 3.54. The SMILES string of the molecule is O=C1CCN(c2ccc3c(c2)n(C2CCCC2)c2nc(=O)c4c(Br)cccc4n32)CC1. The number of anilines is 1. The molecule has 0 N–H and O–H groups in total. The number of imidazole rings is 1. The molecule has 0 amide bonds. The van der Waals surface area contributed by atoms with E-state index in [1.807, 2.05) is 18.2 Å². The number of nitrogens with zero attached hydrogens (tertiary/aromatic N) is 4. The van der Waals surface area contributed by atoms with Gasteiger partial charge in [0.2, 0.25) is 5.78 Å². The average molecular weight is 479 g/mol. The highest BCUT2D eigenvalue weighted by molar-refractivity contribution is 9.10. The molecule has 0 atom stereocenters. The van der Waals surface area contributed by atoms with Gasteiger partial charge in [-0.15, -0.1) is 0 Å². The van der Waals surface area contributed by atoms with Crippen LogP contribution in [0.4, 0.5) is 5.69 Å². The Balaban J connectivity index is 1.67. The number of Topliss-reactive ketones (excluding diaryl/α,β-unsaturated/α-hetero) is 1. The largest absolute Gasteiger partial charge is 0.371 e. The molecule has 31 heavy (non-hydrogen) atoms. The predicted molar refractivity (Wildman–Crippen MR) is 126 cm³/mol. The number of carbonyl (C=O) groups excluding carboxylic acids is 1. The minimum absolute atomic E-state index is 0.195. The number of hydrogen-bond acceptors (Lipinski definition) is 4. The van der Waals surface area contributed by atoms with Crippen LogP contribution in [0, 0.1) is 0 Å². The van der Waals surface area contributed by atoms with Crippen molar-refractivity contribution >= 4 is 55.1 Å². The van der Waals surface area contributed by atoms with E-state index in [0.717, 1.165) is 58.4 Å². The maximum Gasteiger partial charge on any atom is 0.283 e. The van der Waals surface area contributed by atoms with Gasteiger partial charge in [-0.2, -0.15) is 4.98 Å². The Morgan fingerprint density at radius 3 is 2.48 bits per heavy atom. The molecule has 2 aromatic heterocycles. The molecule has 0 radical (unpaired) electrons. The first kappa shape index (κ1) is 19.0. The first-order valence-electron chi connectivity index (χ1n) is 11.0. The first-order valence-corrected chi connectivity index (χ1v) is 11.8. The van der Waals surface area contributed by atoms with Crippen molar-refractivity contribution in [1.82, 2.24) is 14.0 Å². The van der Waals surface area contributed by atoms with Gasteiger partial charge in [0.15, 0.2) is 0 Å². The molecule has 158 valence electrons. The number of piperidine rings is 1. The molecule has 7 heteroatoms. The Kier molecular flexibility index (Phi) is 4.42. The number of aromatic nitrogens is 3. The van der Waals surface area contributed by atoms with Gasteiger partial charge in [0.25, 0.3) is 5.56 Å². The monoisotopic (exact) mass is 478 g/mol. The van der Waals surface area contributed by atoms with Gasteiger partial charge in [0, 0.05) is 42.1 Å². The molecule has 1 aliphatic carbocycles. The van der Waals surface area contributed by atoms with Crippen molar-refractivity contribution in [2.24, 2.45) is 0 Å². The van der Waals surface area contributed by atoms with E-state index in [2.05, 4.69) is 53.0 Å². The lowest BCUT2D eigenvalue weighted by Gasteiger charge is -2.28. The van der Waals surface area contributed by atoms with Crippen molar-refractivity contribution in [3.05, 3.63) is 51.2 Å². The Morgan fingerprint density at radius 1 is 0.935 bits per heavy atom. The summed E-state index contributed by atoms with van der Waals surface area (Å²) in [6, 6.07) is 12.7. The molecule has 0 spiro atoms. The predicted octanol–water partition coefficient (Wildman–Crippen LogP) is 4.85. The minimum Gasteiger partial charge on any atom is -0.371 e. The van der Waals surface area contributed by atoms with Gasteiger partial charge in [-0.05, 0) is 59.1 Å². The third-order valence-electron chi connectivity index (χ3n) is 6.90. The van der Waals surface area contributed by atoms with Gasteiger partial charge < -0.3 is 9.47 Å². The van der Waals surface area contributed by atoms with Crippen molar-refractivity contribution in [2.45, 2.75) is 44.6 Å². The van der Waals surface area contributed by atoms with Crippen LogP contribution in [0.5, 0.6) is 0 Å². The fraction of sp³-hybridized carbons (Fsp3) is 0.375. The maximum absolute atomic E-state index is 13.0. The molecule has 4 aromatic rings. The minimum atomic E-state index is -0.195. The lowest BCUT2D eigenvalue weighted by molar-refractivity contribution is -0.119. The lowest BCUT2D eigenvalue weighted by Crippen LogP contribution is -2.33. The van der Waals surface area contributed by atoms with Crippen LogP contribution in [-0.4, -0.2) is 32.8 Å². The normalized spacial score (nSPS) is 18.1. The number of fused-ring (bicyclic) bond motifs is 5. The number of benzene rings is 2. The van der Waals surface area contributed by atoms with Crippen LogP contribution >= 0.6 is 15.9 Å². The van der Waals surface area contributed by atoms with Crippen molar-refractivity contribution < 1.29 is 4.79 Å². The Bertz CT molecular complexity index is 1400. The standard InChI is InChI=1S/C24H23BrN4O2/c25-18-6-3-7-20-22(18)23(31)26-24-28(15-4-1-2-5-15)21-14-16(8-9-19(21)29(20)24)27-12-10-17(30)11-13-27/h3,6-9,14-15H,1-2,4-5,10-13H2. The van der Waals surface area contributed by atoms with Crippen LogP contribution < -0.4 is 10.5 Å². The highest BCUT2D eigenvalue weighted by Gasteiger charge is 2.25. The Labute approximate surface area is 187 Å². The highest BCUT2D eigenvalue weighted by atomic mass is 79.9.